The number of likely N-dealkylation sites (tertiary alicyclic amines) is 1. The van der Waals surface area contributed by atoms with Crippen LogP contribution in [0.1, 0.15) is 6.42 Å². The average molecular weight is 169 g/mol. The third-order valence-electron chi connectivity index (χ3n) is 1.45. The average Bonchev–Trinajstić information content (AvgIpc) is 1.83. The van der Waals surface area contributed by atoms with Gasteiger partial charge in [-0.25, -0.2) is 0 Å². The van der Waals surface area contributed by atoms with E-state index in [2.05, 4.69) is 0 Å². The van der Waals surface area contributed by atoms with E-state index in [1.54, 1.807) is 7.05 Å². The Morgan fingerprint density at radius 1 is 1.80 bits per heavy atom. The molecule has 0 aliphatic carbocycles. The van der Waals surface area contributed by atoms with E-state index in [0.717, 1.165) is 0 Å². The summed E-state index contributed by atoms with van der Waals surface area (Å²) in [6.45, 7) is 0.652. The summed E-state index contributed by atoms with van der Waals surface area (Å²) >= 11 is 0. The first-order chi connectivity index (χ1) is 4.22. The zero-order chi connectivity index (χ0) is 6.85. The zero-order valence-electron chi connectivity index (χ0n) is 6.30. The molecule has 1 fully saturated rings. The molecule has 1 saturated heterocycles. The van der Waals surface area contributed by atoms with Crippen molar-refractivity contribution >= 4 is 5.91 Å². The second-order valence-corrected chi connectivity index (χ2v) is 2.19. The van der Waals surface area contributed by atoms with E-state index in [1.165, 1.54) is 11.3 Å². The molecule has 1 atom stereocenters. The Labute approximate surface area is 103 Å². The van der Waals surface area contributed by atoms with Crippen LogP contribution < -0.4 is 51.4 Å². The Bertz CT molecular complexity index is 119. The molecule has 0 saturated carbocycles. The van der Waals surface area contributed by atoms with E-state index < -0.39 is 12.1 Å². The largest absolute Gasteiger partial charge is 1.00 e. The zero-order valence-corrected chi connectivity index (χ0v) is 9.43. The molecule has 4 heteroatoms. The first-order valence-corrected chi connectivity index (χ1v) is 2.94. The van der Waals surface area contributed by atoms with E-state index in [0.29, 0.717) is 13.0 Å². The second kappa shape index (κ2) is 4.82. The summed E-state index contributed by atoms with van der Waals surface area (Å²) < 4.78 is 12.4. The number of piperidine rings is 1. The van der Waals surface area contributed by atoms with Gasteiger partial charge in [0.1, 0.15) is 0 Å². The molecule has 0 bridgehead atoms. The number of hydrogen-bond acceptors (Lipinski definition) is 1. The molecule has 0 spiro atoms. The molecule has 52 valence electrons. The summed E-state index contributed by atoms with van der Waals surface area (Å²) in [4.78, 5) is 12.1. The predicted octanol–water partition coefficient (Wildman–Crippen LogP) is -2.61. The Kier molecular flexibility index (Phi) is 5.32. The van der Waals surface area contributed by atoms with Crippen LogP contribution in [0.3, 0.4) is 0 Å². The summed E-state index contributed by atoms with van der Waals surface area (Å²) in [5.74, 6) is -0.416. The van der Waals surface area contributed by atoms with Crippen LogP contribution in [-0.4, -0.2) is 30.6 Å². The molecule has 0 aromatic heterocycles. The van der Waals surface area contributed by atoms with E-state index in [1.807, 2.05) is 0 Å². The van der Waals surface area contributed by atoms with Crippen LogP contribution in [0, 0.1) is 6.42 Å². The van der Waals surface area contributed by atoms with Crippen LogP contribution in [0.5, 0.6) is 0 Å². The number of carbonyl (C=O) groups is 1. The summed E-state index contributed by atoms with van der Waals surface area (Å²) in [7, 11) is 1.61. The van der Waals surface area contributed by atoms with Gasteiger partial charge < -0.3 is 4.90 Å². The maximum absolute atomic E-state index is 12.4. The predicted molar refractivity (Wildman–Crippen MR) is 31.4 cm³/mol. The molecule has 10 heavy (non-hydrogen) atoms. The first kappa shape index (κ1) is 11.0. The van der Waals surface area contributed by atoms with E-state index in [-0.39, 0.29) is 51.4 Å². The van der Waals surface area contributed by atoms with Gasteiger partial charge in [0.2, 0.25) is 5.91 Å². The van der Waals surface area contributed by atoms with Gasteiger partial charge in [-0.15, -0.1) is 0 Å². The SMILES string of the molecule is CN1CC[CH-]C(F)C1=O.[K+]. The maximum atomic E-state index is 12.4. The van der Waals surface area contributed by atoms with Gasteiger partial charge in [-0.2, -0.15) is 6.42 Å². The molecule has 1 unspecified atom stereocenters. The van der Waals surface area contributed by atoms with Crippen LogP contribution in [0.4, 0.5) is 4.39 Å². The molecule has 0 aromatic carbocycles. The van der Waals surface area contributed by atoms with Gasteiger partial charge in [0.25, 0.3) is 0 Å². The Morgan fingerprint density at radius 2 is 2.40 bits per heavy atom. The van der Waals surface area contributed by atoms with Crippen LogP contribution in [0.2, 0.25) is 0 Å². The maximum Gasteiger partial charge on any atom is 1.00 e. The molecule has 0 radical (unpaired) electrons. The fraction of sp³-hybridized carbons (Fsp3) is 0.667. The molecule has 2 nitrogen and oxygen atoms in total. The van der Waals surface area contributed by atoms with Gasteiger partial charge in [0, 0.05) is 7.05 Å². The van der Waals surface area contributed by atoms with Crippen molar-refractivity contribution in [2.24, 2.45) is 0 Å². The topological polar surface area (TPSA) is 20.3 Å². The summed E-state index contributed by atoms with van der Waals surface area (Å²) in [5, 5.41) is 0. The number of carbonyl (C=O) groups excluding carboxylic acids is 1. The molecule has 0 N–H and O–H groups in total. The summed E-state index contributed by atoms with van der Waals surface area (Å²) in [6, 6.07) is 0. The van der Waals surface area contributed by atoms with E-state index in [4.69, 9.17) is 0 Å². The molecule has 1 heterocycles. The van der Waals surface area contributed by atoms with E-state index in [9.17, 15) is 9.18 Å². The number of rotatable bonds is 0. The number of alkyl halides is 1. The van der Waals surface area contributed by atoms with Crippen molar-refractivity contribution in [1.29, 1.82) is 0 Å². The van der Waals surface area contributed by atoms with Gasteiger partial charge in [-0.05, 0) is 6.54 Å². The molecule has 1 amide bonds. The van der Waals surface area contributed by atoms with Crippen molar-refractivity contribution in [1.82, 2.24) is 4.90 Å². The van der Waals surface area contributed by atoms with Gasteiger partial charge in [0.05, 0.1) is 6.17 Å². The van der Waals surface area contributed by atoms with Crippen molar-refractivity contribution in [2.75, 3.05) is 13.6 Å². The number of halogens is 1. The number of hydrogen-bond donors (Lipinski definition) is 0. The summed E-state index contributed by atoms with van der Waals surface area (Å²) in [5.41, 5.74) is 0. The third kappa shape index (κ3) is 2.58. The molecule has 1 aliphatic heterocycles. The van der Waals surface area contributed by atoms with Crippen LogP contribution in [0.15, 0.2) is 0 Å². The quantitative estimate of drug-likeness (QED) is 0.287. The fourth-order valence-corrected chi connectivity index (χ4v) is 0.836. The minimum atomic E-state index is -1.36. The minimum Gasteiger partial charge on any atom is -0.348 e. The van der Waals surface area contributed by atoms with Gasteiger partial charge in [0.15, 0.2) is 0 Å². The third-order valence-corrected chi connectivity index (χ3v) is 1.45. The first-order valence-electron chi connectivity index (χ1n) is 2.94. The van der Waals surface area contributed by atoms with Crippen molar-refractivity contribution in [3.8, 4) is 0 Å². The van der Waals surface area contributed by atoms with Crippen LogP contribution in [-0.2, 0) is 4.79 Å². The molecule has 1 aliphatic rings. The number of nitrogens with zero attached hydrogens (tertiary/aromatic N) is 1. The van der Waals surface area contributed by atoms with Crippen LogP contribution in [0.25, 0.3) is 0 Å². The smallest absolute Gasteiger partial charge is 0.348 e. The van der Waals surface area contributed by atoms with Crippen molar-refractivity contribution in [3.63, 3.8) is 0 Å². The molecule has 0 aromatic rings. The monoisotopic (exact) mass is 169 g/mol. The van der Waals surface area contributed by atoms with Crippen molar-refractivity contribution < 1.29 is 60.6 Å². The van der Waals surface area contributed by atoms with Gasteiger partial charge in [-0.1, -0.05) is 0 Å². The van der Waals surface area contributed by atoms with Crippen LogP contribution >= 0.6 is 0 Å². The number of amides is 1. The van der Waals surface area contributed by atoms with Gasteiger partial charge in [-0.3, -0.25) is 15.6 Å². The van der Waals surface area contributed by atoms with Crippen molar-refractivity contribution in [3.05, 3.63) is 6.42 Å². The molecule has 1 rings (SSSR count). The normalized spacial score (nSPS) is 26.0. The standard InChI is InChI=1S/C6H9FNO.K/c1-8-4-2-3-5(7)6(8)9;/h3,5H,2,4H2,1H3;/q-1;+1. The summed E-state index contributed by atoms with van der Waals surface area (Å²) in [6.07, 6.45) is 0.717. The minimum absolute atomic E-state index is 0. The molecular weight excluding hydrogens is 160 g/mol. The Balaban J connectivity index is 0.000000810. The second-order valence-electron chi connectivity index (χ2n) is 2.19. The Morgan fingerprint density at radius 3 is 2.80 bits per heavy atom. The van der Waals surface area contributed by atoms with Gasteiger partial charge >= 0.3 is 51.4 Å². The Hall–Kier alpha value is 1.04. The van der Waals surface area contributed by atoms with Crippen molar-refractivity contribution in [2.45, 2.75) is 12.6 Å². The van der Waals surface area contributed by atoms with E-state index >= 15 is 0 Å². The fourth-order valence-electron chi connectivity index (χ4n) is 0.836. The molecular formula is C6H9FKNO.